The Hall–Kier alpha value is -3.55. The number of nitrogens with one attached hydrogen (secondary N) is 1. The normalized spacial score (nSPS) is 16.7. The van der Waals surface area contributed by atoms with Gasteiger partial charge in [-0.05, 0) is 53.1 Å². The standard InChI is InChI=1S/C20H19N7O/c28-19(12-14-7-9-15(10-8-14)27-13-21-24-25-27)26-11-3-6-18(26)20-22-16-4-1-2-5-17(16)23-20/h1-2,4-5,7-10,13,18H,3,6,11-12H2,(H,22,23)/t18-/m1/s1. The van der Waals surface area contributed by atoms with Gasteiger partial charge in [0.1, 0.15) is 12.2 Å². The molecule has 1 fully saturated rings. The molecule has 1 aliphatic rings. The number of fused-ring (bicyclic) bond motifs is 1. The van der Waals surface area contributed by atoms with Gasteiger partial charge in [-0.25, -0.2) is 9.67 Å². The maximum absolute atomic E-state index is 13.0. The molecule has 1 saturated heterocycles. The van der Waals surface area contributed by atoms with Gasteiger partial charge in [0.15, 0.2) is 0 Å². The second-order valence-electron chi connectivity index (χ2n) is 6.98. The molecule has 0 unspecified atom stereocenters. The first-order valence-corrected chi connectivity index (χ1v) is 9.34. The predicted molar refractivity (Wildman–Crippen MR) is 103 cm³/mol. The van der Waals surface area contributed by atoms with Gasteiger partial charge in [0.05, 0.1) is 29.2 Å². The lowest BCUT2D eigenvalue weighted by molar-refractivity contribution is -0.131. The number of hydrogen-bond acceptors (Lipinski definition) is 5. The van der Waals surface area contributed by atoms with Crippen LogP contribution < -0.4 is 0 Å². The summed E-state index contributed by atoms with van der Waals surface area (Å²) in [4.78, 5) is 23.0. The van der Waals surface area contributed by atoms with Crippen molar-refractivity contribution in [3.63, 3.8) is 0 Å². The predicted octanol–water partition coefficient (Wildman–Crippen LogP) is 2.44. The summed E-state index contributed by atoms with van der Waals surface area (Å²) in [6, 6.07) is 15.7. The average Bonchev–Trinajstić information content (AvgIpc) is 3.48. The first-order chi connectivity index (χ1) is 13.8. The van der Waals surface area contributed by atoms with Gasteiger partial charge in [0.2, 0.25) is 5.91 Å². The number of likely N-dealkylation sites (tertiary alicyclic amines) is 1. The molecule has 1 aliphatic heterocycles. The fourth-order valence-electron chi connectivity index (χ4n) is 3.80. The lowest BCUT2D eigenvalue weighted by atomic mass is 10.1. The molecule has 3 heterocycles. The minimum atomic E-state index is 0.0143. The van der Waals surface area contributed by atoms with Crippen LogP contribution in [0, 0.1) is 0 Å². The van der Waals surface area contributed by atoms with Crippen LogP contribution >= 0.6 is 0 Å². The molecule has 8 heteroatoms. The van der Waals surface area contributed by atoms with Gasteiger partial charge in [-0.2, -0.15) is 0 Å². The Morgan fingerprint density at radius 1 is 1.14 bits per heavy atom. The molecule has 140 valence electrons. The zero-order valence-electron chi connectivity index (χ0n) is 15.2. The quantitative estimate of drug-likeness (QED) is 0.593. The summed E-state index contributed by atoms with van der Waals surface area (Å²) in [6.45, 7) is 0.767. The first-order valence-electron chi connectivity index (χ1n) is 9.34. The zero-order valence-corrected chi connectivity index (χ0v) is 15.2. The number of para-hydroxylation sites is 2. The molecule has 4 aromatic rings. The van der Waals surface area contributed by atoms with Crippen molar-refractivity contribution < 1.29 is 4.79 Å². The van der Waals surface area contributed by atoms with Crippen LogP contribution in [0.2, 0.25) is 0 Å². The number of benzene rings is 2. The van der Waals surface area contributed by atoms with E-state index in [4.69, 9.17) is 4.98 Å². The van der Waals surface area contributed by atoms with Crippen LogP contribution in [-0.2, 0) is 11.2 Å². The molecule has 0 radical (unpaired) electrons. The Morgan fingerprint density at radius 3 is 2.79 bits per heavy atom. The summed E-state index contributed by atoms with van der Waals surface area (Å²) in [5.41, 5.74) is 3.78. The molecule has 8 nitrogen and oxygen atoms in total. The van der Waals surface area contributed by atoms with Gasteiger partial charge in [0.25, 0.3) is 0 Å². The van der Waals surface area contributed by atoms with Gasteiger partial charge in [-0.3, -0.25) is 4.79 Å². The third-order valence-corrected chi connectivity index (χ3v) is 5.20. The number of rotatable bonds is 4. The number of amides is 1. The van der Waals surface area contributed by atoms with Crippen molar-refractivity contribution in [2.45, 2.75) is 25.3 Å². The van der Waals surface area contributed by atoms with Crippen molar-refractivity contribution in [3.05, 3.63) is 66.2 Å². The summed E-state index contributed by atoms with van der Waals surface area (Å²) in [5.74, 6) is 0.999. The number of H-pyrrole nitrogens is 1. The van der Waals surface area contributed by atoms with E-state index in [1.807, 2.05) is 53.4 Å². The summed E-state index contributed by atoms with van der Waals surface area (Å²) in [5, 5.41) is 11.1. The second-order valence-corrected chi connectivity index (χ2v) is 6.98. The van der Waals surface area contributed by atoms with Crippen LogP contribution in [0.1, 0.15) is 30.3 Å². The topological polar surface area (TPSA) is 92.6 Å². The summed E-state index contributed by atoms with van der Waals surface area (Å²) < 4.78 is 1.59. The zero-order chi connectivity index (χ0) is 18.9. The highest BCUT2D eigenvalue weighted by Crippen LogP contribution is 2.32. The maximum atomic E-state index is 13.0. The second kappa shape index (κ2) is 6.88. The third kappa shape index (κ3) is 3.02. The number of tetrazole rings is 1. The van der Waals surface area contributed by atoms with E-state index < -0.39 is 0 Å². The molecule has 1 amide bonds. The van der Waals surface area contributed by atoms with Crippen molar-refractivity contribution >= 4 is 16.9 Å². The Labute approximate surface area is 161 Å². The highest BCUT2D eigenvalue weighted by Gasteiger charge is 2.31. The Balaban J connectivity index is 1.32. The molecular formula is C20H19N7O. The molecule has 2 aromatic carbocycles. The molecule has 0 bridgehead atoms. The number of imidazole rings is 1. The fraction of sp³-hybridized carbons (Fsp3) is 0.250. The fourth-order valence-corrected chi connectivity index (χ4v) is 3.80. The molecule has 5 rings (SSSR count). The molecular weight excluding hydrogens is 354 g/mol. The highest BCUT2D eigenvalue weighted by atomic mass is 16.2. The molecule has 0 aliphatic carbocycles. The van der Waals surface area contributed by atoms with Crippen molar-refractivity contribution in [1.29, 1.82) is 0 Å². The van der Waals surface area contributed by atoms with Crippen LogP contribution in [0.15, 0.2) is 54.9 Å². The first kappa shape index (κ1) is 16.6. The van der Waals surface area contributed by atoms with E-state index in [2.05, 4.69) is 20.5 Å². The van der Waals surface area contributed by atoms with Gasteiger partial charge < -0.3 is 9.88 Å². The number of nitrogens with zero attached hydrogens (tertiary/aromatic N) is 6. The Bertz CT molecular complexity index is 1070. The summed E-state index contributed by atoms with van der Waals surface area (Å²) in [6.07, 6.45) is 3.84. The van der Waals surface area contributed by atoms with Crippen molar-refractivity contribution in [2.75, 3.05) is 6.54 Å². The van der Waals surface area contributed by atoms with Gasteiger partial charge >= 0.3 is 0 Å². The van der Waals surface area contributed by atoms with Crippen LogP contribution in [0.25, 0.3) is 16.7 Å². The maximum Gasteiger partial charge on any atom is 0.227 e. The third-order valence-electron chi connectivity index (χ3n) is 5.20. The summed E-state index contributed by atoms with van der Waals surface area (Å²) >= 11 is 0. The van der Waals surface area contributed by atoms with E-state index >= 15 is 0 Å². The Kier molecular flexibility index (Phi) is 4.08. The van der Waals surface area contributed by atoms with E-state index in [0.717, 1.165) is 47.5 Å². The van der Waals surface area contributed by atoms with Crippen LogP contribution in [0.4, 0.5) is 0 Å². The largest absolute Gasteiger partial charge is 0.340 e. The van der Waals surface area contributed by atoms with E-state index in [0.29, 0.717) is 6.42 Å². The molecule has 1 N–H and O–H groups in total. The summed E-state index contributed by atoms with van der Waals surface area (Å²) in [7, 11) is 0. The van der Waals surface area contributed by atoms with Crippen molar-refractivity contribution in [3.8, 4) is 5.69 Å². The molecule has 1 atom stereocenters. The monoisotopic (exact) mass is 373 g/mol. The van der Waals surface area contributed by atoms with E-state index in [1.165, 1.54) is 0 Å². The average molecular weight is 373 g/mol. The van der Waals surface area contributed by atoms with E-state index in [1.54, 1.807) is 11.0 Å². The lowest BCUT2D eigenvalue weighted by Gasteiger charge is -2.23. The molecule has 0 spiro atoms. The van der Waals surface area contributed by atoms with Gasteiger partial charge in [-0.1, -0.05) is 24.3 Å². The van der Waals surface area contributed by atoms with Gasteiger partial charge in [-0.15, -0.1) is 5.10 Å². The number of aromatic nitrogens is 6. The number of carbonyl (C=O) groups is 1. The van der Waals surface area contributed by atoms with Crippen LogP contribution in [0.3, 0.4) is 0 Å². The van der Waals surface area contributed by atoms with Crippen LogP contribution in [0.5, 0.6) is 0 Å². The lowest BCUT2D eigenvalue weighted by Crippen LogP contribution is -2.32. The minimum absolute atomic E-state index is 0.0143. The number of aromatic amines is 1. The Morgan fingerprint density at radius 2 is 2.00 bits per heavy atom. The van der Waals surface area contributed by atoms with E-state index in [-0.39, 0.29) is 11.9 Å². The highest BCUT2D eigenvalue weighted by molar-refractivity contribution is 5.80. The van der Waals surface area contributed by atoms with E-state index in [9.17, 15) is 4.79 Å². The van der Waals surface area contributed by atoms with Gasteiger partial charge in [0, 0.05) is 6.54 Å². The molecule has 2 aromatic heterocycles. The van der Waals surface area contributed by atoms with Crippen molar-refractivity contribution in [1.82, 2.24) is 35.1 Å². The number of hydrogen-bond donors (Lipinski definition) is 1. The number of carbonyl (C=O) groups excluding carboxylic acids is 1. The minimum Gasteiger partial charge on any atom is -0.340 e. The van der Waals surface area contributed by atoms with Crippen molar-refractivity contribution in [2.24, 2.45) is 0 Å². The smallest absolute Gasteiger partial charge is 0.227 e. The molecule has 28 heavy (non-hydrogen) atoms. The molecule has 0 saturated carbocycles. The van der Waals surface area contributed by atoms with Crippen LogP contribution in [-0.4, -0.2) is 47.5 Å². The SMILES string of the molecule is O=C(Cc1ccc(-n2cnnn2)cc1)N1CCC[C@@H]1c1nc2ccccc2[nH]1.